The Morgan fingerprint density at radius 1 is 0.500 bits per heavy atom. The molecule has 13 rings (SSSR count). The van der Waals surface area contributed by atoms with Gasteiger partial charge in [-0.3, -0.25) is 0 Å². The molecule has 3 aromatic heterocycles. The van der Waals surface area contributed by atoms with Gasteiger partial charge in [0.05, 0.1) is 22.1 Å². The van der Waals surface area contributed by atoms with Gasteiger partial charge in [-0.2, -0.15) is 0 Å². The van der Waals surface area contributed by atoms with Crippen LogP contribution in [0.25, 0.3) is 76.8 Å². The molecule has 3 heterocycles. The smallest absolute Gasteiger partial charge is 0.0541 e. The molecule has 4 aliphatic carbocycles. The zero-order valence-corrected chi connectivity index (χ0v) is 28.0. The number of unbranched alkanes of at least 4 members (excludes halogenated alkanes) is 1. The number of rotatable bonds is 7. The summed E-state index contributed by atoms with van der Waals surface area (Å²) in [6.45, 7) is 1.05. The predicted octanol–water partition coefficient (Wildman–Crippen LogP) is 12.0. The molecule has 2 saturated carbocycles. The molecule has 3 nitrogen and oxygen atoms in total. The molecule has 0 amide bonds. The second-order valence-corrected chi connectivity index (χ2v) is 15.3. The monoisotopic (exact) mass is 643 g/mol. The predicted molar refractivity (Wildman–Crippen MR) is 209 cm³/mol. The number of hydrogen-bond donors (Lipinski definition) is 0. The van der Waals surface area contributed by atoms with Crippen molar-refractivity contribution < 1.29 is 0 Å². The zero-order chi connectivity index (χ0) is 32.6. The minimum atomic E-state index is 0.629. The lowest BCUT2D eigenvalue weighted by molar-refractivity contribution is 0.317. The van der Waals surface area contributed by atoms with Crippen LogP contribution in [0.15, 0.2) is 146 Å². The third kappa shape index (κ3) is 3.50. The van der Waals surface area contributed by atoms with E-state index in [1.807, 2.05) is 0 Å². The van der Waals surface area contributed by atoms with Crippen molar-refractivity contribution in [1.82, 2.24) is 13.7 Å². The van der Waals surface area contributed by atoms with Crippen LogP contribution in [0.5, 0.6) is 0 Å². The Labute approximate surface area is 290 Å². The molecule has 6 aromatic carbocycles. The van der Waals surface area contributed by atoms with E-state index in [4.69, 9.17) is 0 Å². The van der Waals surface area contributed by atoms with Crippen LogP contribution in [0.4, 0.5) is 0 Å². The van der Waals surface area contributed by atoms with Gasteiger partial charge in [-0.05, 0) is 103 Å². The number of nitrogens with zero attached hydrogens (tertiary/aromatic N) is 3. The van der Waals surface area contributed by atoms with Crippen molar-refractivity contribution in [2.75, 3.05) is 0 Å². The number of aryl methyl sites for hydroxylation is 1. The summed E-state index contributed by atoms with van der Waals surface area (Å²) in [5.74, 6) is 2.86. The van der Waals surface area contributed by atoms with Gasteiger partial charge in [0.15, 0.2) is 0 Å². The molecule has 3 heteroatoms. The van der Waals surface area contributed by atoms with Crippen molar-refractivity contribution in [3.05, 3.63) is 146 Å². The fraction of sp³-hybridized carbons (Fsp3) is 0.191. The Bertz CT molecular complexity index is 2620. The van der Waals surface area contributed by atoms with E-state index >= 15 is 0 Å². The Balaban J connectivity index is 1.03. The quantitative estimate of drug-likeness (QED) is 0.121. The lowest BCUT2D eigenvalue weighted by Gasteiger charge is -2.21. The van der Waals surface area contributed by atoms with Crippen LogP contribution in [0.1, 0.15) is 25.7 Å². The topological polar surface area (TPSA) is 14.8 Å². The summed E-state index contributed by atoms with van der Waals surface area (Å²) < 4.78 is 7.52. The summed E-state index contributed by atoms with van der Waals surface area (Å²) in [5, 5.41) is 7.84. The first-order valence-corrected chi connectivity index (χ1v) is 18.5. The standard InChI is InChI=1S/C47H37N3/c1-5-16-42-33(11-1)34-12-2-6-17-43(34)49(42)31-20-22-40-37(27-31)38-28-32(50-44-18-7-3-13-35(44)36-14-4-8-19-45(36)50)21-23-41(38)48(40)26-10-9-15-39-46-30-24-25-47(39,46)29-30/h1-8,11-14,16-25,27-28,30,39,46H,9-10,15,26,29H2. The van der Waals surface area contributed by atoms with E-state index in [9.17, 15) is 0 Å². The van der Waals surface area contributed by atoms with Gasteiger partial charge in [-0.25, -0.2) is 0 Å². The molecule has 2 fully saturated rings. The van der Waals surface area contributed by atoms with Crippen molar-refractivity contribution >= 4 is 65.4 Å². The largest absolute Gasteiger partial charge is 0.340 e. The van der Waals surface area contributed by atoms with E-state index in [0.717, 1.165) is 24.3 Å². The molecule has 0 aliphatic heterocycles. The van der Waals surface area contributed by atoms with Gasteiger partial charge < -0.3 is 13.7 Å². The highest BCUT2D eigenvalue weighted by Gasteiger charge is 2.75. The molecule has 0 radical (unpaired) electrons. The Kier molecular flexibility index (Phi) is 5.35. The number of allylic oxidation sites excluding steroid dienone is 2. The number of aromatic nitrogens is 3. The average molecular weight is 644 g/mol. The molecule has 4 aliphatic rings. The van der Waals surface area contributed by atoms with Crippen LogP contribution in [-0.4, -0.2) is 13.7 Å². The van der Waals surface area contributed by atoms with Gasteiger partial charge in [0.1, 0.15) is 0 Å². The second-order valence-electron chi connectivity index (χ2n) is 15.3. The van der Waals surface area contributed by atoms with Crippen LogP contribution in [-0.2, 0) is 6.54 Å². The van der Waals surface area contributed by atoms with Gasteiger partial charge in [-0.1, -0.05) is 91.4 Å². The summed E-state index contributed by atoms with van der Waals surface area (Å²) in [7, 11) is 0. The van der Waals surface area contributed by atoms with Crippen molar-refractivity contribution in [2.45, 2.75) is 32.2 Å². The number of para-hydroxylation sites is 4. The summed E-state index contributed by atoms with van der Waals surface area (Å²) in [5.41, 5.74) is 10.7. The molecule has 0 N–H and O–H groups in total. The van der Waals surface area contributed by atoms with Crippen molar-refractivity contribution in [3.8, 4) is 11.4 Å². The lowest BCUT2D eigenvalue weighted by Crippen LogP contribution is -2.14. The SMILES string of the molecule is C1=CC23CC1C2C3CCCCn1c2ccc(-n3c4ccccc4c4ccccc43)cc2c2cc(-n3c4ccccc4c4ccccc43)ccc21. The van der Waals surface area contributed by atoms with Gasteiger partial charge in [0.25, 0.3) is 0 Å². The van der Waals surface area contributed by atoms with Crippen LogP contribution in [0.2, 0.25) is 0 Å². The van der Waals surface area contributed by atoms with E-state index in [2.05, 4.69) is 159 Å². The molecule has 50 heavy (non-hydrogen) atoms. The van der Waals surface area contributed by atoms with Crippen molar-refractivity contribution in [1.29, 1.82) is 0 Å². The molecular formula is C47H37N3. The normalized spacial score (nSPS) is 22.0. The first-order valence-electron chi connectivity index (χ1n) is 18.5. The van der Waals surface area contributed by atoms with Crippen LogP contribution >= 0.6 is 0 Å². The lowest BCUT2D eigenvalue weighted by atomic mass is 9.83. The van der Waals surface area contributed by atoms with Crippen molar-refractivity contribution in [3.63, 3.8) is 0 Å². The summed E-state index contributed by atoms with van der Waals surface area (Å²) in [6.07, 6.45) is 10.4. The van der Waals surface area contributed by atoms with Gasteiger partial charge in [0.2, 0.25) is 0 Å². The van der Waals surface area contributed by atoms with E-state index in [1.54, 1.807) is 0 Å². The highest BCUT2D eigenvalue weighted by atomic mass is 15.0. The molecule has 2 bridgehead atoms. The number of benzene rings is 6. The first kappa shape index (κ1) is 27.3. The Hall–Kier alpha value is -5.54. The molecule has 1 spiro atoms. The molecular weight excluding hydrogens is 607 g/mol. The number of fused-ring (bicyclic) bond motifs is 9. The van der Waals surface area contributed by atoms with Gasteiger partial charge >= 0.3 is 0 Å². The van der Waals surface area contributed by atoms with E-state index in [1.165, 1.54) is 102 Å². The first-order chi connectivity index (χ1) is 24.8. The molecule has 240 valence electrons. The fourth-order valence-electron chi connectivity index (χ4n) is 10.8. The zero-order valence-electron chi connectivity index (χ0n) is 28.0. The van der Waals surface area contributed by atoms with E-state index in [0.29, 0.717) is 5.41 Å². The highest BCUT2D eigenvalue weighted by molar-refractivity contribution is 6.13. The molecule has 0 saturated heterocycles. The maximum Gasteiger partial charge on any atom is 0.0541 e. The summed E-state index contributed by atoms with van der Waals surface area (Å²) in [4.78, 5) is 0. The maximum atomic E-state index is 2.61. The van der Waals surface area contributed by atoms with Crippen molar-refractivity contribution in [2.24, 2.45) is 23.2 Å². The third-order valence-electron chi connectivity index (χ3n) is 13.0. The molecule has 4 atom stereocenters. The third-order valence-corrected chi connectivity index (χ3v) is 13.0. The van der Waals surface area contributed by atoms with Gasteiger partial charge in [0, 0.05) is 61.3 Å². The van der Waals surface area contributed by atoms with Crippen LogP contribution in [0.3, 0.4) is 0 Å². The molecule has 4 unspecified atom stereocenters. The summed E-state index contributed by atoms with van der Waals surface area (Å²) >= 11 is 0. The minimum Gasteiger partial charge on any atom is -0.340 e. The average Bonchev–Trinajstić information content (AvgIpc) is 3.83. The van der Waals surface area contributed by atoms with E-state index < -0.39 is 0 Å². The van der Waals surface area contributed by atoms with E-state index in [-0.39, 0.29) is 0 Å². The second kappa shape index (κ2) is 9.79. The highest BCUT2D eigenvalue weighted by Crippen LogP contribution is 2.81. The Morgan fingerprint density at radius 3 is 1.42 bits per heavy atom. The Morgan fingerprint density at radius 2 is 0.980 bits per heavy atom. The molecule has 9 aromatic rings. The fourth-order valence-corrected chi connectivity index (χ4v) is 10.8. The van der Waals surface area contributed by atoms with Gasteiger partial charge in [-0.15, -0.1) is 0 Å². The minimum absolute atomic E-state index is 0.629. The maximum absolute atomic E-state index is 2.61. The summed E-state index contributed by atoms with van der Waals surface area (Å²) in [6, 6.07) is 49.7. The van der Waals surface area contributed by atoms with Crippen LogP contribution < -0.4 is 0 Å². The number of hydrogen-bond acceptors (Lipinski definition) is 0. The van der Waals surface area contributed by atoms with Crippen LogP contribution in [0, 0.1) is 23.2 Å².